The minimum Gasteiger partial charge on any atom is -0.494 e. The van der Waals surface area contributed by atoms with E-state index in [1.165, 1.54) is 24.3 Å². The fraction of sp³-hybridized carbons (Fsp3) is 0.333. The SMILES string of the molecule is CCOc1ccc(S(=O)(=O)NC(=O)c2ncoc2C(C)C)cc1. The first-order valence-corrected chi connectivity index (χ1v) is 8.57. The van der Waals surface area contributed by atoms with E-state index in [9.17, 15) is 13.2 Å². The van der Waals surface area contributed by atoms with E-state index in [2.05, 4.69) is 4.98 Å². The van der Waals surface area contributed by atoms with Crippen LogP contribution in [0.25, 0.3) is 0 Å². The fourth-order valence-corrected chi connectivity index (χ4v) is 2.90. The number of amides is 1. The minimum atomic E-state index is -4.00. The van der Waals surface area contributed by atoms with Gasteiger partial charge in [-0.15, -0.1) is 0 Å². The number of ether oxygens (including phenoxy) is 1. The Morgan fingerprint density at radius 3 is 2.52 bits per heavy atom. The van der Waals surface area contributed by atoms with E-state index < -0.39 is 15.9 Å². The van der Waals surface area contributed by atoms with Gasteiger partial charge in [0.1, 0.15) is 11.5 Å². The number of rotatable bonds is 6. The van der Waals surface area contributed by atoms with Crippen LogP contribution in [0.3, 0.4) is 0 Å². The third-order valence-electron chi connectivity index (χ3n) is 3.01. The molecule has 0 radical (unpaired) electrons. The van der Waals surface area contributed by atoms with E-state index in [1.54, 1.807) is 0 Å². The van der Waals surface area contributed by atoms with Gasteiger partial charge in [0.25, 0.3) is 15.9 Å². The second-order valence-corrected chi connectivity index (χ2v) is 6.74. The molecule has 0 aliphatic heterocycles. The molecule has 0 atom stereocenters. The zero-order chi connectivity index (χ0) is 17.0. The number of aromatic nitrogens is 1. The smallest absolute Gasteiger partial charge is 0.287 e. The van der Waals surface area contributed by atoms with Crippen molar-refractivity contribution in [2.75, 3.05) is 6.61 Å². The molecule has 0 aliphatic carbocycles. The normalized spacial score (nSPS) is 11.5. The largest absolute Gasteiger partial charge is 0.494 e. The zero-order valence-corrected chi connectivity index (χ0v) is 13.9. The number of oxazole rings is 1. The van der Waals surface area contributed by atoms with Gasteiger partial charge >= 0.3 is 0 Å². The Morgan fingerprint density at radius 1 is 1.30 bits per heavy atom. The third-order valence-corrected chi connectivity index (χ3v) is 4.35. The molecular weight excluding hydrogens is 320 g/mol. The predicted molar refractivity (Wildman–Crippen MR) is 82.9 cm³/mol. The van der Waals surface area contributed by atoms with Crippen LogP contribution in [0, 0.1) is 0 Å². The molecule has 0 bridgehead atoms. The quantitative estimate of drug-likeness (QED) is 0.868. The highest BCUT2D eigenvalue weighted by Crippen LogP contribution is 2.20. The van der Waals surface area contributed by atoms with Crippen LogP contribution >= 0.6 is 0 Å². The molecule has 1 aromatic heterocycles. The van der Waals surface area contributed by atoms with Crippen LogP contribution in [0.2, 0.25) is 0 Å². The second-order valence-electron chi connectivity index (χ2n) is 5.06. The molecule has 1 amide bonds. The molecule has 124 valence electrons. The lowest BCUT2D eigenvalue weighted by atomic mass is 10.1. The molecule has 1 heterocycles. The van der Waals surface area contributed by atoms with Crippen LogP contribution in [0.4, 0.5) is 0 Å². The summed E-state index contributed by atoms with van der Waals surface area (Å²) >= 11 is 0. The first-order valence-electron chi connectivity index (χ1n) is 7.08. The lowest BCUT2D eigenvalue weighted by molar-refractivity contribution is 0.0974. The first kappa shape index (κ1) is 17.0. The fourth-order valence-electron chi connectivity index (χ4n) is 1.95. The van der Waals surface area contributed by atoms with Crippen LogP contribution in [0.1, 0.15) is 42.9 Å². The van der Waals surface area contributed by atoms with Gasteiger partial charge in [0, 0.05) is 5.92 Å². The Bertz CT molecular complexity index is 778. The van der Waals surface area contributed by atoms with Gasteiger partial charge in [0.15, 0.2) is 12.1 Å². The maximum Gasteiger partial charge on any atom is 0.287 e. The summed E-state index contributed by atoms with van der Waals surface area (Å²) in [6.45, 7) is 5.94. The Kier molecular flexibility index (Phi) is 5.05. The zero-order valence-electron chi connectivity index (χ0n) is 13.1. The van der Waals surface area contributed by atoms with Gasteiger partial charge in [0.05, 0.1) is 11.5 Å². The third kappa shape index (κ3) is 3.89. The van der Waals surface area contributed by atoms with Crippen molar-refractivity contribution in [2.24, 2.45) is 0 Å². The van der Waals surface area contributed by atoms with Gasteiger partial charge in [-0.2, -0.15) is 0 Å². The maximum atomic E-state index is 12.3. The summed E-state index contributed by atoms with van der Waals surface area (Å²) in [5.74, 6) is -0.0245. The van der Waals surface area contributed by atoms with Crippen molar-refractivity contribution in [3.63, 3.8) is 0 Å². The molecule has 0 fully saturated rings. The van der Waals surface area contributed by atoms with Crippen molar-refractivity contribution in [1.82, 2.24) is 9.71 Å². The number of hydrogen-bond donors (Lipinski definition) is 1. The maximum absolute atomic E-state index is 12.3. The van der Waals surface area contributed by atoms with Crippen LogP contribution in [-0.4, -0.2) is 25.9 Å². The standard InChI is InChI=1S/C15H18N2O5S/c1-4-21-11-5-7-12(8-6-11)23(19,20)17-15(18)13-14(10(2)3)22-9-16-13/h5-10H,4H2,1-3H3,(H,17,18). The monoisotopic (exact) mass is 338 g/mol. The molecule has 2 aromatic rings. The minimum absolute atomic E-state index is 0.0329. The molecule has 7 nitrogen and oxygen atoms in total. The molecule has 0 saturated heterocycles. The topological polar surface area (TPSA) is 98.5 Å². The molecule has 8 heteroatoms. The Hall–Kier alpha value is -2.35. The van der Waals surface area contributed by atoms with Crippen molar-refractivity contribution in [2.45, 2.75) is 31.6 Å². The average molecular weight is 338 g/mol. The Morgan fingerprint density at radius 2 is 1.96 bits per heavy atom. The van der Waals surface area contributed by atoms with Gasteiger partial charge in [-0.05, 0) is 31.2 Å². The number of carbonyl (C=O) groups excluding carboxylic acids is 1. The molecule has 0 unspecified atom stereocenters. The van der Waals surface area contributed by atoms with Gasteiger partial charge in [0.2, 0.25) is 0 Å². The number of hydrogen-bond acceptors (Lipinski definition) is 6. The highest BCUT2D eigenvalue weighted by atomic mass is 32.2. The summed E-state index contributed by atoms with van der Waals surface area (Å²) in [5.41, 5.74) is -0.0329. The van der Waals surface area contributed by atoms with Crippen LogP contribution in [0.15, 0.2) is 40.0 Å². The van der Waals surface area contributed by atoms with Gasteiger partial charge in [-0.1, -0.05) is 13.8 Å². The highest BCUT2D eigenvalue weighted by molar-refractivity contribution is 7.90. The summed E-state index contributed by atoms with van der Waals surface area (Å²) in [7, 11) is -4.00. The number of nitrogens with zero attached hydrogens (tertiary/aromatic N) is 1. The molecule has 1 aromatic carbocycles. The first-order chi connectivity index (χ1) is 10.8. The Labute approximate surface area is 134 Å². The summed E-state index contributed by atoms with van der Waals surface area (Å²) < 4.78 is 36.9. The summed E-state index contributed by atoms with van der Waals surface area (Å²) in [4.78, 5) is 15.9. The molecule has 0 saturated carbocycles. The Balaban J connectivity index is 2.20. The molecule has 23 heavy (non-hydrogen) atoms. The second kappa shape index (κ2) is 6.82. The van der Waals surface area contributed by atoms with E-state index in [4.69, 9.17) is 9.15 Å². The lowest BCUT2D eigenvalue weighted by Crippen LogP contribution is -2.31. The number of benzene rings is 1. The van der Waals surface area contributed by atoms with E-state index in [1.807, 2.05) is 25.5 Å². The van der Waals surface area contributed by atoms with E-state index >= 15 is 0 Å². The van der Waals surface area contributed by atoms with Crippen LogP contribution in [0.5, 0.6) is 5.75 Å². The number of carbonyl (C=O) groups is 1. The van der Waals surface area contributed by atoms with E-state index in [0.29, 0.717) is 18.1 Å². The van der Waals surface area contributed by atoms with Crippen LogP contribution in [-0.2, 0) is 10.0 Å². The highest BCUT2D eigenvalue weighted by Gasteiger charge is 2.24. The average Bonchev–Trinajstić information content (AvgIpc) is 2.97. The van der Waals surface area contributed by atoms with Gasteiger partial charge in [-0.25, -0.2) is 18.1 Å². The van der Waals surface area contributed by atoms with Crippen LogP contribution < -0.4 is 9.46 Å². The molecular formula is C15H18N2O5S. The van der Waals surface area contributed by atoms with E-state index in [-0.39, 0.29) is 16.5 Å². The molecule has 0 spiro atoms. The molecule has 0 aliphatic rings. The van der Waals surface area contributed by atoms with Crippen molar-refractivity contribution in [3.05, 3.63) is 42.1 Å². The van der Waals surface area contributed by atoms with E-state index in [0.717, 1.165) is 6.39 Å². The van der Waals surface area contributed by atoms with Gasteiger partial charge < -0.3 is 9.15 Å². The summed E-state index contributed by atoms with van der Waals surface area (Å²) in [5, 5.41) is 0. The predicted octanol–water partition coefficient (Wildman–Crippen LogP) is 2.32. The van der Waals surface area contributed by atoms with Crippen molar-refractivity contribution in [3.8, 4) is 5.75 Å². The summed E-state index contributed by atoms with van der Waals surface area (Å²) in [6.07, 6.45) is 1.12. The van der Waals surface area contributed by atoms with Crippen molar-refractivity contribution < 1.29 is 22.4 Å². The summed E-state index contributed by atoms with van der Waals surface area (Å²) in [6, 6.07) is 5.79. The molecule has 1 N–H and O–H groups in total. The number of nitrogens with one attached hydrogen (secondary N) is 1. The lowest BCUT2D eigenvalue weighted by Gasteiger charge is -2.08. The number of sulfonamides is 1. The van der Waals surface area contributed by atoms with Crippen molar-refractivity contribution in [1.29, 1.82) is 0 Å². The molecule has 2 rings (SSSR count). The van der Waals surface area contributed by atoms with Crippen molar-refractivity contribution >= 4 is 15.9 Å². The van der Waals surface area contributed by atoms with Gasteiger partial charge in [-0.3, -0.25) is 4.79 Å².